The molecule has 0 aliphatic carbocycles. The number of nitro groups is 1. The highest BCUT2D eigenvalue weighted by Crippen LogP contribution is 2.36. The van der Waals surface area contributed by atoms with Crippen molar-refractivity contribution in [3.63, 3.8) is 0 Å². The van der Waals surface area contributed by atoms with Crippen molar-refractivity contribution in [1.82, 2.24) is 19.9 Å². The van der Waals surface area contributed by atoms with Crippen molar-refractivity contribution in [2.75, 3.05) is 0 Å². The molecule has 1 aromatic carbocycles. The van der Waals surface area contributed by atoms with Gasteiger partial charge in [0.25, 0.3) is 5.69 Å². The van der Waals surface area contributed by atoms with E-state index in [2.05, 4.69) is 10.3 Å². The second-order valence-electron chi connectivity index (χ2n) is 6.89. The monoisotopic (exact) mass is 426 g/mol. The summed E-state index contributed by atoms with van der Waals surface area (Å²) in [7, 11) is 0. The number of aromatic nitrogens is 3. The fraction of sp³-hybridized carbons (Fsp3) is 0.250. The van der Waals surface area contributed by atoms with Gasteiger partial charge < -0.3 is 15.6 Å². The van der Waals surface area contributed by atoms with Crippen LogP contribution >= 0.6 is 11.8 Å². The lowest BCUT2D eigenvalue weighted by molar-refractivity contribution is -0.385. The third kappa shape index (κ3) is 5.15. The first kappa shape index (κ1) is 21.3. The molecule has 0 aliphatic rings. The van der Waals surface area contributed by atoms with Crippen molar-refractivity contribution in [3.8, 4) is 0 Å². The maximum atomic E-state index is 11.3. The van der Waals surface area contributed by atoms with Gasteiger partial charge in [-0.3, -0.25) is 15.1 Å². The number of non-ortho nitro benzene ring substituents is 1. The van der Waals surface area contributed by atoms with Crippen molar-refractivity contribution in [2.24, 2.45) is 5.73 Å². The molecule has 3 aromatic rings. The number of nitro benzene ring substituents is 1. The summed E-state index contributed by atoms with van der Waals surface area (Å²) in [4.78, 5) is 31.5. The molecule has 10 heteroatoms. The topological polar surface area (TPSA) is 129 Å². The van der Waals surface area contributed by atoms with Crippen LogP contribution in [0.1, 0.15) is 36.8 Å². The second kappa shape index (κ2) is 9.40. The normalized spacial score (nSPS) is 10.9. The summed E-state index contributed by atoms with van der Waals surface area (Å²) < 4.78 is 2.00. The Kier molecular flexibility index (Phi) is 6.68. The van der Waals surface area contributed by atoms with E-state index >= 15 is 0 Å². The summed E-state index contributed by atoms with van der Waals surface area (Å²) in [5.74, 6) is 0.763. The zero-order valence-corrected chi connectivity index (χ0v) is 17.4. The van der Waals surface area contributed by atoms with Gasteiger partial charge in [-0.25, -0.2) is 9.78 Å². The zero-order valence-electron chi connectivity index (χ0n) is 16.6. The molecule has 0 unspecified atom stereocenters. The number of hydrogen-bond acceptors (Lipinski definition) is 6. The van der Waals surface area contributed by atoms with E-state index in [9.17, 15) is 14.9 Å². The van der Waals surface area contributed by atoms with E-state index < -0.39 is 11.0 Å². The van der Waals surface area contributed by atoms with Gasteiger partial charge in [0.05, 0.1) is 17.2 Å². The number of imidazole rings is 1. The summed E-state index contributed by atoms with van der Waals surface area (Å²) >= 11 is 1.41. The van der Waals surface area contributed by atoms with E-state index in [1.165, 1.54) is 17.8 Å². The molecule has 0 saturated carbocycles. The van der Waals surface area contributed by atoms with Gasteiger partial charge in [-0.15, -0.1) is 0 Å². The van der Waals surface area contributed by atoms with Gasteiger partial charge in [0.1, 0.15) is 10.9 Å². The number of pyridine rings is 1. The quantitative estimate of drug-likeness (QED) is 0.417. The third-order valence-corrected chi connectivity index (χ3v) is 5.44. The zero-order chi connectivity index (χ0) is 21.7. The fourth-order valence-electron chi connectivity index (χ4n) is 2.89. The number of urea groups is 1. The van der Waals surface area contributed by atoms with E-state index in [0.29, 0.717) is 12.4 Å². The first-order chi connectivity index (χ1) is 14.3. The molecule has 2 aromatic heterocycles. The SMILES string of the molecule is CC(C)c1nc(CNC(N)=O)n(Cc2ccncc2)c1Sc1cccc([N+](=O)[O-])c1. The van der Waals surface area contributed by atoms with Crippen LogP contribution in [0.5, 0.6) is 0 Å². The van der Waals surface area contributed by atoms with Crippen LogP contribution in [0.2, 0.25) is 0 Å². The Morgan fingerprint density at radius 1 is 1.30 bits per heavy atom. The summed E-state index contributed by atoms with van der Waals surface area (Å²) in [6, 6.07) is 9.67. The minimum atomic E-state index is -0.632. The number of carbonyl (C=O) groups excluding carboxylic acids is 1. The van der Waals surface area contributed by atoms with Gasteiger partial charge in [0.15, 0.2) is 0 Å². The Hall–Kier alpha value is -3.40. The van der Waals surface area contributed by atoms with E-state index in [-0.39, 0.29) is 18.2 Å². The van der Waals surface area contributed by atoms with Crippen LogP contribution in [0.4, 0.5) is 10.5 Å². The molecule has 3 rings (SSSR count). The van der Waals surface area contributed by atoms with Gasteiger partial charge in [-0.2, -0.15) is 0 Å². The van der Waals surface area contributed by atoms with Gasteiger partial charge in [-0.1, -0.05) is 31.7 Å². The molecule has 9 nitrogen and oxygen atoms in total. The number of amides is 2. The highest BCUT2D eigenvalue weighted by atomic mass is 32.2. The summed E-state index contributed by atoms with van der Waals surface area (Å²) in [5, 5.41) is 14.6. The van der Waals surface area contributed by atoms with Crippen molar-refractivity contribution in [1.29, 1.82) is 0 Å². The van der Waals surface area contributed by atoms with Crippen LogP contribution in [-0.4, -0.2) is 25.5 Å². The molecule has 0 saturated heterocycles. The lowest BCUT2D eigenvalue weighted by Gasteiger charge is -2.13. The van der Waals surface area contributed by atoms with E-state index in [1.807, 2.05) is 36.6 Å². The number of benzene rings is 1. The summed E-state index contributed by atoms with van der Waals surface area (Å²) in [6.07, 6.45) is 3.43. The molecule has 0 bridgehead atoms. The third-order valence-electron chi connectivity index (χ3n) is 4.33. The Morgan fingerprint density at radius 3 is 2.67 bits per heavy atom. The van der Waals surface area contributed by atoms with Crippen LogP contribution < -0.4 is 11.1 Å². The molecule has 0 radical (unpaired) electrons. The van der Waals surface area contributed by atoms with Crippen molar-refractivity contribution in [3.05, 3.63) is 76.0 Å². The molecule has 0 fully saturated rings. The Bertz CT molecular complexity index is 1050. The summed E-state index contributed by atoms with van der Waals surface area (Å²) in [5.41, 5.74) is 7.14. The number of nitrogens with two attached hydrogens (primary N) is 1. The number of nitrogens with zero attached hydrogens (tertiary/aromatic N) is 4. The molecule has 2 heterocycles. The molecule has 0 atom stereocenters. The number of primary amides is 1. The van der Waals surface area contributed by atoms with Crippen LogP contribution in [0, 0.1) is 10.1 Å². The standard InChI is InChI=1S/C20H22N6O3S/c1-13(2)18-19(30-16-5-3-4-15(10-16)26(28)29)25(12-14-6-8-22-9-7-14)17(24-18)11-23-20(21)27/h3-10,13H,11-12H2,1-2H3,(H3,21,23,27). The molecule has 0 spiro atoms. The molecular weight excluding hydrogens is 404 g/mol. The van der Waals surface area contributed by atoms with Crippen molar-refractivity contribution < 1.29 is 9.72 Å². The smallest absolute Gasteiger partial charge is 0.312 e. The second-order valence-corrected chi connectivity index (χ2v) is 7.95. The average Bonchev–Trinajstić information content (AvgIpc) is 3.05. The minimum absolute atomic E-state index is 0.0296. The first-order valence-corrected chi connectivity index (χ1v) is 10.1. The highest BCUT2D eigenvalue weighted by molar-refractivity contribution is 7.99. The lowest BCUT2D eigenvalue weighted by atomic mass is 10.1. The van der Waals surface area contributed by atoms with Crippen molar-refractivity contribution >= 4 is 23.5 Å². The number of hydrogen-bond donors (Lipinski definition) is 2. The van der Waals surface area contributed by atoms with Crippen LogP contribution in [0.25, 0.3) is 0 Å². The molecular formula is C20H22N6O3S. The van der Waals surface area contributed by atoms with Gasteiger partial charge >= 0.3 is 6.03 Å². The number of nitrogens with one attached hydrogen (secondary N) is 1. The van der Waals surface area contributed by atoms with E-state index in [4.69, 9.17) is 10.7 Å². The highest BCUT2D eigenvalue weighted by Gasteiger charge is 2.21. The van der Waals surface area contributed by atoms with Crippen LogP contribution in [0.15, 0.2) is 58.7 Å². The van der Waals surface area contributed by atoms with Crippen LogP contribution in [-0.2, 0) is 13.1 Å². The first-order valence-electron chi connectivity index (χ1n) is 9.29. The summed E-state index contributed by atoms with van der Waals surface area (Å²) in [6.45, 7) is 4.74. The predicted molar refractivity (Wildman–Crippen MR) is 113 cm³/mol. The Labute approximate surface area is 177 Å². The molecule has 30 heavy (non-hydrogen) atoms. The Balaban J connectivity index is 2.06. The lowest BCUT2D eigenvalue weighted by Crippen LogP contribution is -2.30. The molecule has 0 aliphatic heterocycles. The van der Waals surface area contributed by atoms with Gasteiger partial charge in [0, 0.05) is 36.0 Å². The van der Waals surface area contributed by atoms with Gasteiger partial charge in [-0.05, 0) is 29.7 Å². The molecule has 156 valence electrons. The number of carbonyl (C=O) groups is 1. The molecule has 3 N–H and O–H groups in total. The molecule has 2 amide bonds. The van der Waals surface area contributed by atoms with Crippen molar-refractivity contribution in [2.45, 2.75) is 42.8 Å². The maximum absolute atomic E-state index is 11.3. The van der Waals surface area contributed by atoms with Crippen LogP contribution in [0.3, 0.4) is 0 Å². The average molecular weight is 427 g/mol. The Morgan fingerprint density at radius 2 is 2.03 bits per heavy atom. The predicted octanol–water partition coefficient (Wildman–Crippen LogP) is 3.68. The number of rotatable bonds is 8. The maximum Gasteiger partial charge on any atom is 0.312 e. The van der Waals surface area contributed by atoms with E-state index in [1.54, 1.807) is 24.5 Å². The minimum Gasteiger partial charge on any atom is -0.352 e. The largest absolute Gasteiger partial charge is 0.352 e. The van der Waals surface area contributed by atoms with E-state index in [0.717, 1.165) is 21.2 Å². The fourth-order valence-corrected chi connectivity index (χ4v) is 4.11. The van der Waals surface area contributed by atoms with Gasteiger partial charge in [0.2, 0.25) is 0 Å².